The average Bonchev–Trinajstić information content (AvgIpc) is 3.16. The fraction of sp³-hybridized carbons (Fsp3) is 0.231. The summed E-state index contributed by atoms with van der Waals surface area (Å²) in [6.45, 7) is 2.42. The van der Waals surface area contributed by atoms with Crippen LogP contribution >= 0.6 is 23.1 Å². The lowest BCUT2D eigenvalue weighted by atomic mass is 10.4. The number of thioether (sulfide) groups is 1. The quantitative estimate of drug-likeness (QED) is 0.556. The predicted octanol–water partition coefficient (Wildman–Crippen LogP) is 2.21. The Morgan fingerprint density at radius 2 is 2.38 bits per heavy atom. The number of thiophene rings is 1. The number of nitrogens with one attached hydrogen (secondary N) is 2. The van der Waals surface area contributed by atoms with E-state index in [0.717, 1.165) is 15.4 Å². The fourth-order valence-corrected chi connectivity index (χ4v) is 3.33. The third-order valence-electron chi connectivity index (χ3n) is 2.86. The van der Waals surface area contributed by atoms with Crippen LogP contribution in [-0.2, 0) is 11.3 Å². The van der Waals surface area contributed by atoms with Gasteiger partial charge < -0.3 is 10.3 Å². The van der Waals surface area contributed by atoms with Crippen molar-refractivity contribution in [3.8, 4) is 0 Å². The van der Waals surface area contributed by atoms with Gasteiger partial charge in [0.05, 0.1) is 18.1 Å². The van der Waals surface area contributed by atoms with E-state index in [0.29, 0.717) is 12.2 Å². The van der Waals surface area contributed by atoms with E-state index in [4.69, 9.17) is 0 Å². The number of hydrogen-bond acceptors (Lipinski definition) is 6. The highest BCUT2D eigenvalue weighted by atomic mass is 32.2. The molecular weight excluding hydrogens is 306 g/mol. The van der Waals surface area contributed by atoms with Gasteiger partial charge in [0.1, 0.15) is 16.9 Å². The number of aromatic nitrogens is 4. The standard InChI is InChI=1S/C13H13N5OS2/c1-8(12(19)14-5-9-3-2-4-20-9)21-13-10-11(16-6-15-10)17-7-18-13/h2-4,6-8H,5H2,1H3,(H,14,19)(H,15,16,17,18). The van der Waals surface area contributed by atoms with Gasteiger partial charge in [-0.3, -0.25) is 4.79 Å². The lowest BCUT2D eigenvalue weighted by Gasteiger charge is -2.11. The maximum Gasteiger partial charge on any atom is 0.233 e. The first-order valence-electron chi connectivity index (χ1n) is 6.35. The Kier molecular flexibility index (Phi) is 4.16. The molecule has 3 rings (SSSR count). The van der Waals surface area contributed by atoms with Crippen LogP contribution in [0.25, 0.3) is 11.2 Å². The van der Waals surface area contributed by atoms with Crippen LogP contribution in [0.1, 0.15) is 11.8 Å². The number of nitrogens with zero attached hydrogens (tertiary/aromatic N) is 3. The van der Waals surface area contributed by atoms with E-state index in [-0.39, 0.29) is 11.2 Å². The van der Waals surface area contributed by atoms with Crippen molar-refractivity contribution in [2.75, 3.05) is 0 Å². The summed E-state index contributed by atoms with van der Waals surface area (Å²) in [6, 6.07) is 3.97. The molecule has 0 spiro atoms. The van der Waals surface area contributed by atoms with Crippen molar-refractivity contribution in [2.45, 2.75) is 23.7 Å². The molecule has 108 valence electrons. The zero-order valence-corrected chi connectivity index (χ0v) is 12.9. The first-order chi connectivity index (χ1) is 10.2. The van der Waals surface area contributed by atoms with Crippen molar-refractivity contribution in [2.24, 2.45) is 0 Å². The van der Waals surface area contributed by atoms with Crippen LogP contribution in [0.3, 0.4) is 0 Å². The van der Waals surface area contributed by atoms with Crippen molar-refractivity contribution in [1.29, 1.82) is 0 Å². The summed E-state index contributed by atoms with van der Waals surface area (Å²) in [6.07, 6.45) is 3.03. The first-order valence-corrected chi connectivity index (χ1v) is 8.11. The molecule has 0 bridgehead atoms. The van der Waals surface area contributed by atoms with E-state index < -0.39 is 0 Å². The number of imidazole rings is 1. The molecule has 0 aliphatic carbocycles. The van der Waals surface area contributed by atoms with Crippen LogP contribution < -0.4 is 5.32 Å². The van der Waals surface area contributed by atoms with Crippen molar-refractivity contribution in [3.05, 3.63) is 35.0 Å². The Bertz CT molecular complexity index is 740. The summed E-state index contributed by atoms with van der Waals surface area (Å²) >= 11 is 3.02. The highest BCUT2D eigenvalue weighted by Gasteiger charge is 2.17. The molecule has 2 N–H and O–H groups in total. The highest BCUT2D eigenvalue weighted by Crippen LogP contribution is 2.26. The molecule has 3 aromatic rings. The summed E-state index contributed by atoms with van der Waals surface area (Å²) in [7, 11) is 0. The SMILES string of the molecule is CC(Sc1ncnc2nc[nH]c12)C(=O)NCc1cccs1. The molecule has 6 nitrogen and oxygen atoms in total. The zero-order chi connectivity index (χ0) is 14.7. The third-order valence-corrected chi connectivity index (χ3v) is 4.84. The minimum Gasteiger partial charge on any atom is -0.350 e. The molecule has 3 aromatic heterocycles. The molecule has 21 heavy (non-hydrogen) atoms. The predicted molar refractivity (Wildman–Crippen MR) is 83.2 cm³/mol. The Hall–Kier alpha value is -1.93. The Balaban J connectivity index is 1.64. The van der Waals surface area contributed by atoms with Crippen LogP contribution in [0.15, 0.2) is 35.2 Å². The van der Waals surface area contributed by atoms with Gasteiger partial charge in [0.25, 0.3) is 0 Å². The molecule has 1 atom stereocenters. The minimum absolute atomic E-state index is 0.0142. The van der Waals surface area contributed by atoms with Crippen LogP contribution in [0.5, 0.6) is 0 Å². The normalized spacial score (nSPS) is 12.4. The zero-order valence-electron chi connectivity index (χ0n) is 11.2. The number of carbonyl (C=O) groups excluding carboxylic acids is 1. The summed E-state index contributed by atoms with van der Waals surface area (Å²) in [4.78, 5) is 28.6. The van der Waals surface area contributed by atoms with Crippen molar-refractivity contribution in [1.82, 2.24) is 25.3 Å². The molecule has 0 aliphatic heterocycles. The molecule has 0 saturated heterocycles. The molecule has 0 fully saturated rings. The number of carbonyl (C=O) groups is 1. The number of fused-ring (bicyclic) bond motifs is 1. The second-order valence-corrected chi connectivity index (χ2v) is 6.70. The minimum atomic E-state index is -0.244. The van der Waals surface area contributed by atoms with Gasteiger partial charge in [0, 0.05) is 4.88 Å². The number of aromatic amines is 1. The van der Waals surface area contributed by atoms with Gasteiger partial charge in [-0.1, -0.05) is 17.8 Å². The van der Waals surface area contributed by atoms with Gasteiger partial charge in [-0.2, -0.15) is 0 Å². The van der Waals surface area contributed by atoms with E-state index in [9.17, 15) is 4.79 Å². The van der Waals surface area contributed by atoms with Gasteiger partial charge in [-0.05, 0) is 18.4 Å². The topological polar surface area (TPSA) is 83.6 Å². The highest BCUT2D eigenvalue weighted by molar-refractivity contribution is 8.00. The van der Waals surface area contributed by atoms with Crippen LogP contribution in [0.4, 0.5) is 0 Å². The smallest absolute Gasteiger partial charge is 0.233 e. The molecule has 0 radical (unpaired) electrons. The van der Waals surface area contributed by atoms with Crippen LogP contribution in [0, 0.1) is 0 Å². The summed E-state index contributed by atoms with van der Waals surface area (Å²) in [5.74, 6) is -0.0142. The maximum absolute atomic E-state index is 12.1. The van der Waals surface area contributed by atoms with Crippen molar-refractivity contribution >= 4 is 40.2 Å². The van der Waals surface area contributed by atoms with Gasteiger partial charge in [-0.15, -0.1) is 11.3 Å². The molecule has 0 aliphatic rings. The average molecular weight is 319 g/mol. The first kappa shape index (κ1) is 14.0. The second kappa shape index (κ2) is 6.23. The van der Waals surface area contributed by atoms with Crippen LogP contribution in [-0.4, -0.2) is 31.1 Å². The monoisotopic (exact) mass is 319 g/mol. The van der Waals surface area contributed by atoms with E-state index in [2.05, 4.69) is 25.3 Å². The number of hydrogen-bond donors (Lipinski definition) is 2. The summed E-state index contributed by atoms with van der Waals surface area (Å²) in [5, 5.41) is 5.41. The number of rotatable bonds is 5. The van der Waals surface area contributed by atoms with Crippen molar-refractivity contribution < 1.29 is 4.79 Å². The van der Waals surface area contributed by atoms with Gasteiger partial charge in [0.15, 0.2) is 5.65 Å². The van der Waals surface area contributed by atoms with Gasteiger partial charge in [0.2, 0.25) is 5.91 Å². The second-order valence-electron chi connectivity index (χ2n) is 4.34. The lowest BCUT2D eigenvalue weighted by Crippen LogP contribution is -2.30. The molecule has 0 saturated carbocycles. The molecular formula is C13H13N5OS2. The van der Waals surface area contributed by atoms with Crippen molar-refractivity contribution in [3.63, 3.8) is 0 Å². The Morgan fingerprint density at radius 3 is 3.19 bits per heavy atom. The van der Waals surface area contributed by atoms with E-state index in [1.807, 2.05) is 24.4 Å². The molecule has 0 aromatic carbocycles. The Morgan fingerprint density at radius 1 is 1.48 bits per heavy atom. The van der Waals surface area contributed by atoms with E-state index in [1.54, 1.807) is 17.7 Å². The summed E-state index contributed by atoms with van der Waals surface area (Å²) < 4.78 is 0. The lowest BCUT2D eigenvalue weighted by molar-refractivity contribution is -0.120. The number of amides is 1. The van der Waals surface area contributed by atoms with E-state index >= 15 is 0 Å². The van der Waals surface area contributed by atoms with Gasteiger partial charge in [-0.25, -0.2) is 15.0 Å². The van der Waals surface area contributed by atoms with Gasteiger partial charge >= 0.3 is 0 Å². The Labute approximate surface area is 129 Å². The maximum atomic E-state index is 12.1. The van der Waals surface area contributed by atoms with Crippen LogP contribution in [0.2, 0.25) is 0 Å². The molecule has 3 heterocycles. The third kappa shape index (κ3) is 3.22. The molecule has 8 heteroatoms. The number of H-pyrrole nitrogens is 1. The molecule has 1 unspecified atom stereocenters. The molecule has 1 amide bonds. The largest absolute Gasteiger partial charge is 0.350 e. The fourth-order valence-electron chi connectivity index (χ4n) is 1.78. The summed E-state index contributed by atoms with van der Waals surface area (Å²) in [5.41, 5.74) is 1.37. The van der Waals surface area contributed by atoms with E-state index in [1.165, 1.54) is 18.1 Å².